The number of hydrogen-bond acceptors (Lipinski definition) is 6. The average molecular weight is 407 g/mol. The van der Waals surface area contributed by atoms with Crippen molar-refractivity contribution in [3.63, 3.8) is 0 Å². The molecule has 0 aliphatic carbocycles. The Morgan fingerprint density at radius 1 is 1.21 bits per heavy atom. The largest absolute Gasteiger partial charge is 0.493 e. The standard InChI is InChI=1S/C22H21N3O3S/c1-13-6-5-7-16(14(13)2)12-28-18-9-8-15(10-19(18)27-3)20-17(11-23)21(26)25-22(24-20)29-4/h5-10H,12H2,1-4H3,(H,24,25,26). The van der Waals surface area contributed by atoms with Crippen LogP contribution in [0.4, 0.5) is 0 Å². The Morgan fingerprint density at radius 3 is 2.69 bits per heavy atom. The van der Waals surface area contributed by atoms with Gasteiger partial charge in [-0.25, -0.2) is 4.98 Å². The molecule has 1 aromatic heterocycles. The molecule has 1 N–H and O–H groups in total. The van der Waals surface area contributed by atoms with Crippen molar-refractivity contribution < 1.29 is 9.47 Å². The summed E-state index contributed by atoms with van der Waals surface area (Å²) in [5, 5.41) is 9.83. The molecule has 0 aliphatic rings. The van der Waals surface area contributed by atoms with E-state index in [1.807, 2.05) is 18.2 Å². The molecule has 0 spiro atoms. The van der Waals surface area contributed by atoms with E-state index in [-0.39, 0.29) is 5.56 Å². The molecule has 2 aromatic carbocycles. The fourth-order valence-electron chi connectivity index (χ4n) is 2.92. The normalized spacial score (nSPS) is 10.4. The summed E-state index contributed by atoms with van der Waals surface area (Å²) < 4.78 is 11.5. The molecule has 3 rings (SSSR count). The molecule has 3 aromatic rings. The van der Waals surface area contributed by atoms with Gasteiger partial charge in [0, 0.05) is 5.56 Å². The van der Waals surface area contributed by atoms with Crippen LogP contribution in [0.5, 0.6) is 11.5 Å². The molecule has 1 heterocycles. The van der Waals surface area contributed by atoms with E-state index in [0.717, 1.165) is 5.56 Å². The van der Waals surface area contributed by atoms with Crippen molar-refractivity contribution >= 4 is 11.8 Å². The van der Waals surface area contributed by atoms with Gasteiger partial charge < -0.3 is 14.5 Å². The lowest BCUT2D eigenvalue weighted by atomic mass is 10.0. The first kappa shape index (κ1) is 20.5. The molecule has 6 nitrogen and oxygen atoms in total. The molecule has 29 heavy (non-hydrogen) atoms. The van der Waals surface area contributed by atoms with Gasteiger partial charge in [-0.15, -0.1) is 0 Å². The van der Waals surface area contributed by atoms with E-state index in [4.69, 9.17) is 9.47 Å². The maximum Gasteiger partial charge on any atom is 0.270 e. The summed E-state index contributed by atoms with van der Waals surface area (Å²) >= 11 is 1.30. The van der Waals surface area contributed by atoms with Gasteiger partial charge in [-0.2, -0.15) is 5.26 Å². The molecule has 148 valence electrons. The van der Waals surface area contributed by atoms with E-state index in [0.29, 0.717) is 34.5 Å². The zero-order valence-electron chi connectivity index (χ0n) is 16.7. The fraction of sp³-hybridized carbons (Fsp3) is 0.227. The number of rotatable bonds is 6. The maximum absolute atomic E-state index is 12.2. The van der Waals surface area contributed by atoms with Crippen LogP contribution in [0.1, 0.15) is 22.3 Å². The third kappa shape index (κ3) is 4.28. The van der Waals surface area contributed by atoms with Gasteiger partial charge in [-0.05, 0) is 55.0 Å². The highest BCUT2D eigenvalue weighted by Crippen LogP contribution is 2.33. The van der Waals surface area contributed by atoms with Crippen molar-refractivity contribution in [2.45, 2.75) is 25.6 Å². The number of aromatic amines is 1. The van der Waals surface area contributed by atoms with Crippen LogP contribution in [-0.2, 0) is 6.61 Å². The first-order valence-electron chi connectivity index (χ1n) is 8.93. The number of aryl methyl sites for hydroxylation is 1. The second-order valence-corrected chi connectivity index (χ2v) is 7.22. The SMILES string of the molecule is COc1cc(-c2nc(SC)[nH]c(=O)c2C#N)ccc1OCc1cccc(C)c1C. The summed E-state index contributed by atoms with van der Waals surface area (Å²) in [5.41, 5.74) is 3.94. The summed E-state index contributed by atoms with van der Waals surface area (Å²) in [6.07, 6.45) is 1.80. The van der Waals surface area contributed by atoms with Crippen LogP contribution in [0.2, 0.25) is 0 Å². The molecule has 0 amide bonds. The highest BCUT2D eigenvalue weighted by molar-refractivity contribution is 7.98. The minimum atomic E-state index is -0.462. The monoisotopic (exact) mass is 407 g/mol. The molecular weight excluding hydrogens is 386 g/mol. The lowest BCUT2D eigenvalue weighted by molar-refractivity contribution is 0.284. The number of hydrogen-bond donors (Lipinski definition) is 1. The van der Waals surface area contributed by atoms with Crippen molar-refractivity contribution in [2.24, 2.45) is 0 Å². The number of benzene rings is 2. The van der Waals surface area contributed by atoms with Crippen molar-refractivity contribution in [1.82, 2.24) is 9.97 Å². The van der Waals surface area contributed by atoms with E-state index in [2.05, 4.69) is 29.9 Å². The lowest BCUT2D eigenvalue weighted by Crippen LogP contribution is -2.14. The number of nitrogens with one attached hydrogen (secondary N) is 1. The molecular formula is C22H21N3O3S. The number of thioether (sulfide) groups is 1. The number of H-pyrrole nitrogens is 1. The van der Waals surface area contributed by atoms with Crippen LogP contribution in [0, 0.1) is 25.2 Å². The Hall–Kier alpha value is -3.24. The van der Waals surface area contributed by atoms with E-state index < -0.39 is 5.56 Å². The number of aromatic nitrogens is 2. The van der Waals surface area contributed by atoms with Crippen molar-refractivity contribution in [2.75, 3.05) is 13.4 Å². The van der Waals surface area contributed by atoms with Crippen LogP contribution >= 0.6 is 11.8 Å². The predicted octanol–water partition coefficient (Wildman–Crippen LogP) is 4.23. The zero-order valence-corrected chi connectivity index (χ0v) is 17.5. The summed E-state index contributed by atoms with van der Waals surface area (Å²) in [7, 11) is 1.55. The smallest absolute Gasteiger partial charge is 0.270 e. The quantitative estimate of drug-likeness (QED) is 0.486. The van der Waals surface area contributed by atoms with Crippen LogP contribution in [0.3, 0.4) is 0 Å². The van der Waals surface area contributed by atoms with Crippen LogP contribution < -0.4 is 15.0 Å². The molecule has 0 fully saturated rings. The van der Waals surface area contributed by atoms with Gasteiger partial charge in [0.2, 0.25) is 0 Å². The summed E-state index contributed by atoms with van der Waals surface area (Å²) in [5.74, 6) is 1.08. The van der Waals surface area contributed by atoms with Gasteiger partial charge >= 0.3 is 0 Å². The Bertz CT molecular complexity index is 1150. The first-order chi connectivity index (χ1) is 14.0. The van der Waals surface area contributed by atoms with Crippen LogP contribution in [-0.4, -0.2) is 23.3 Å². The Balaban J connectivity index is 1.96. The highest BCUT2D eigenvalue weighted by atomic mass is 32.2. The van der Waals surface area contributed by atoms with Crippen LogP contribution in [0.15, 0.2) is 46.3 Å². The van der Waals surface area contributed by atoms with Gasteiger partial charge in [0.1, 0.15) is 18.2 Å². The molecule has 0 aliphatic heterocycles. The molecule has 0 atom stereocenters. The maximum atomic E-state index is 12.2. The zero-order chi connectivity index (χ0) is 21.0. The minimum absolute atomic E-state index is 0.0334. The van der Waals surface area contributed by atoms with E-state index in [1.54, 1.807) is 31.6 Å². The highest BCUT2D eigenvalue weighted by Gasteiger charge is 2.16. The van der Waals surface area contributed by atoms with E-state index in [9.17, 15) is 10.1 Å². The third-order valence-electron chi connectivity index (χ3n) is 4.74. The molecule has 0 saturated heterocycles. The Kier molecular flexibility index (Phi) is 6.25. The molecule has 0 saturated carbocycles. The summed E-state index contributed by atoms with van der Waals surface area (Å²) in [6.45, 7) is 4.55. The number of ether oxygens (including phenoxy) is 2. The minimum Gasteiger partial charge on any atom is -0.493 e. The number of nitriles is 1. The van der Waals surface area contributed by atoms with E-state index >= 15 is 0 Å². The lowest BCUT2D eigenvalue weighted by Gasteiger charge is -2.14. The number of methoxy groups -OCH3 is 1. The van der Waals surface area contributed by atoms with Crippen molar-refractivity contribution in [3.05, 3.63) is 69.0 Å². The Morgan fingerprint density at radius 2 is 2.00 bits per heavy atom. The molecule has 7 heteroatoms. The second kappa shape index (κ2) is 8.84. The van der Waals surface area contributed by atoms with Gasteiger partial charge in [-0.3, -0.25) is 4.79 Å². The summed E-state index contributed by atoms with van der Waals surface area (Å²) in [6, 6.07) is 13.3. The molecule has 0 radical (unpaired) electrons. The molecule has 0 bridgehead atoms. The number of nitrogens with zero attached hydrogens (tertiary/aromatic N) is 2. The van der Waals surface area contributed by atoms with Crippen molar-refractivity contribution in [3.8, 4) is 28.8 Å². The van der Waals surface area contributed by atoms with Gasteiger partial charge in [-0.1, -0.05) is 30.0 Å². The van der Waals surface area contributed by atoms with Crippen molar-refractivity contribution in [1.29, 1.82) is 5.26 Å². The average Bonchev–Trinajstić information content (AvgIpc) is 2.74. The first-order valence-corrected chi connectivity index (χ1v) is 10.2. The van der Waals surface area contributed by atoms with Gasteiger partial charge in [0.15, 0.2) is 16.7 Å². The van der Waals surface area contributed by atoms with Gasteiger partial charge in [0.25, 0.3) is 5.56 Å². The predicted molar refractivity (Wildman–Crippen MR) is 114 cm³/mol. The van der Waals surface area contributed by atoms with E-state index in [1.165, 1.54) is 22.9 Å². The topological polar surface area (TPSA) is 88.0 Å². The third-order valence-corrected chi connectivity index (χ3v) is 5.32. The Labute approximate surface area is 173 Å². The molecule has 0 unspecified atom stereocenters. The summed E-state index contributed by atoms with van der Waals surface area (Å²) in [4.78, 5) is 19.2. The second-order valence-electron chi connectivity index (χ2n) is 6.42. The fourth-order valence-corrected chi connectivity index (χ4v) is 3.30. The van der Waals surface area contributed by atoms with Gasteiger partial charge in [0.05, 0.1) is 12.8 Å². The van der Waals surface area contributed by atoms with Crippen LogP contribution in [0.25, 0.3) is 11.3 Å².